The van der Waals surface area contributed by atoms with Gasteiger partial charge in [0.2, 0.25) is 11.7 Å². The van der Waals surface area contributed by atoms with Crippen molar-refractivity contribution >= 4 is 34.1 Å². The molecule has 2 atom stereocenters. The van der Waals surface area contributed by atoms with Crippen molar-refractivity contribution in [3.63, 3.8) is 0 Å². The van der Waals surface area contributed by atoms with Gasteiger partial charge in [0.15, 0.2) is 5.65 Å². The third-order valence-corrected chi connectivity index (χ3v) is 9.95. The van der Waals surface area contributed by atoms with Crippen LogP contribution in [0.5, 0.6) is 5.88 Å². The van der Waals surface area contributed by atoms with E-state index < -0.39 is 28.9 Å². The van der Waals surface area contributed by atoms with E-state index in [2.05, 4.69) is 33.1 Å². The number of fused-ring (bicyclic) bond motifs is 2. The predicted octanol–water partition coefficient (Wildman–Crippen LogP) is 6.06. The van der Waals surface area contributed by atoms with Gasteiger partial charge in [0.25, 0.3) is 5.56 Å². The third kappa shape index (κ3) is 6.77. The molecule has 11 nitrogen and oxygen atoms in total. The van der Waals surface area contributed by atoms with Gasteiger partial charge < -0.3 is 20.1 Å². The maximum Gasteiger partial charge on any atom is 0.451 e. The minimum absolute atomic E-state index is 0. The standard InChI is InChI=1S/C36H34ClF3N7O4.Mo/c1-18-21(7-6-10-24(18)42-30-28-31(45-34(44-30)36(38,39)40)46(2)35(49)47(3)33(28)48)22-8-5-9-23(29(22)37)26-17-19-11-12-25(27(19)32(43-26)50-4)41-20-13-15-51-16-14-20;/h5-10,13,17,20,25,41H,11-12,14-16H2,1-4H3,(H,42,44,45);/q-1;/t20-,25+;/m1./s1. The van der Waals surface area contributed by atoms with E-state index in [4.69, 9.17) is 26.1 Å². The first-order valence-corrected chi connectivity index (χ1v) is 16.7. The topological polar surface area (TPSA) is 125 Å². The summed E-state index contributed by atoms with van der Waals surface area (Å²) in [7, 11) is 4.09. The molecule has 5 aromatic rings. The van der Waals surface area contributed by atoms with E-state index in [1.165, 1.54) is 14.1 Å². The molecule has 0 spiro atoms. The zero-order valence-electron chi connectivity index (χ0n) is 28.6. The van der Waals surface area contributed by atoms with Crippen LogP contribution in [0.1, 0.15) is 41.4 Å². The molecule has 272 valence electrons. The van der Waals surface area contributed by atoms with E-state index >= 15 is 0 Å². The number of nitrogens with zero attached hydrogens (tertiary/aromatic N) is 5. The molecule has 2 N–H and O–H groups in total. The number of hydrogen-bond acceptors (Lipinski definition) is 9. The number of pyridine rings is 1. The molecule has 3 aromatic heterocycles. The van der Waals surface area contributed by atoms with Crippen LogP contribution in [0.2, 0.25) is 5.02 Å². The maximum atomic E-state index is 13.9. The maximum absolute atomic E-state index is 13.9. The van der Waals surface area contributed by atoms with Gasteiger partial charge in [0, 0.05) is 70.2 Å². The summed E-state index contributed by atoms with van der Waals surface area (Å²) in [6.07, 6.45) is -0.141. The molecular formula is C36H34ClF3MoN7O4-. The predicted molar refractivity (Wildman–Crippen MR) is 187 cm³/mol. The van der Waals surface area contributed by atoms with Crippen LogP contribution in [0.3, 0.4) is 0 Å². The largest absolute Gasteiger partial charge is 0.481 e. The summed E-state index contributed by atoms with van der Waals surface area (Å²) < 4.78 is 54.7. The quantitative estimate of drug-likeness (QED) is 0.149. The van der Waals surface area contributed by atoms with Crippen molar-refractivity contribution in [3.8, 4) is 28.3 Å². The smallest absolute Gasteiger partial charge is 0.451 e. The number of nitrogens with one attached hydrogen (secondary N) is 2. The van der Waals surface area contributed by atoms with Crippen LogP contribution in [0.4, 0.5) is 24.7 Å². The Balaban J connectivity index is 0.00000464. The number of benzene rings is 2. The van der Waals surface area contributed by atoms with E-state index in [0.29, 0.717) is 57.8 Å². The fourth-order valence-electron chi connectivity index (χ4n) is 6.88. The molecule has 1 saturated heterocycles. The van der Waals surface area contributed by atoms with Crippen LogP contribution in [0, 0.1) is 13.3 Å². The molecule has 2 aliphatic rings. The molecule has 0 saturated carbocycles. The van der Waals surface area contributed by atoms with Gasteiger partial charge in [-0.05, 0) is 55.0 Å². The molecule has 0 radical (unpaired) electrons. The van der Waals surface area contributed by atoms with Gasteiger partial charge in [-0.3, -0.25) is 20.3 Å². The second kappa shape index (κ2) is 14.7. The fourth-order valence-corrected chi connectivity index (χ4v) is 7.20. The minimum atomic E-state index is -4.94. The van der Waals surface area contributed by atoms with E-state index in [1.807, 2.05) is 24.3 Å². The Hall–Kier alpha value is -4.10. The van der Waals surface area contributed by atoms with Crippen molar-refractivity contribution < 1.29 is 43.7 Å². The zero-order valence-corrected chi connectivity index (χ0v) is 31.4. The molecule has 0 bridgehead atoms. The molecule has 16 heteroatoms. The summed E-state index contributed by atoms with van der Waals surface area (Å²) in [5.74, 6) is -1.35. The van der Waals surface area contributed by atoms with Crippen molar-refractivity contribution in [3.05, 3.63) is 97.3 Å². The molecule has 7 rings (SSSR count). The zero-order chi connectivity index (χ0) is 36.2. The van der Waals surface area contributed by atoms with Crippen molar-refractivity contribution in [2.45, 2.75) is 44.4 Å². The summed E-state index contributed by atoms with van der Waals surface area (Å²) in [4.78, 5) is 37.9. The Morgan fingerprint density at radius 1 is 1.02 bits per heavy atom. The Morgan fingerprint density at radius 2 is 1.75 bits per heavy atom. The SMILES string of the molecule is COc1nc(-c2cccc(-c3cccc(Nc4nc(C(F)(F)F)nc5c4c(=O)n(C)c(=O)n5C)c3C)c2Cl)cc2c1[C@@H](N[C@@H]1[CH-]COCC1)CC2.[Mo]. The van der Waals surface area contributed by atoms with Crippen molar-refractivity contribution in [1.82, 2.24) is 29.4 Å². The Kier molecular flexibility index (Phi) is 10.7. The number of ether oxygens (including phenoxy) is 2. The van der Waals surface area contributed by atoms with Gasteiger partial charge in [0.05, 0.1) is 17.8 Å². The Labute approximate surface area is 315 Å². The summed E-state index contributed by atoms with van der Waals surface area (Å²) in [6, 6.07) is 13.2. The average Bonchev–Trinajstić information content (AvgIpc) is 3.52. The molecule has 1 fully saturated rings. The van der Waals surface area contributed by atoms with E-state index in [0.717, 1.165) is 39.5 Å². The first kappa shape index (κ1) is 37.6. The summed E-state index contributed by atoms with van der Waals surface area (Å²) >= 11 is 7.13. The van der Waals surface area contributed by atoms with Crippen LogP contribution in [-0.4, -0.2) is 50.5 Å². The van der Waals surface area contributed by atoms with E-state index in [-0.39, 0.29) is 44.4 Å². The van der Waals surface area contributed by atoms with Gasteiger partial charge in [-0.2, -0.15) is 13.2 Å². The second-order valence-corrected chi connectivity index (χ2v) is 13.0. The van der Waals surface area contributed by atoms with Crippen molar-refractivity contribution in [1.29, 1.82) is 0 Å². The van der Waals surface area contributed by atoms with Crippen LogP contribution in [0.15, 0.2) is 52.1 Å². The van der Waals surface area contributed by atoms with Gasteiger partial charge in [-0.15, -0.1) is 6.04 Å². The Morgan fingerprint density at radius 3 is 2.46 bits per heavy atom. The number of halogens is 4. The third-order valence-electron chi connectivity index (χ3n) is 9.55. The van der Waals surface area contributed by atoms with Crippen LogP contribution in [-0.2, 0) is 52.5 Å². The Bertz CT molecular complexity index is 2310. The van der Waals surface area contributed by atoms with E-state index in [1.54, 1.807) is 26.2 Å². The molecule has 1 aliphatic heterocycles. The average molecular weight is 817 g/mol. The fraction of sp³-hybridized carbons (Fsp3) is 0.333. The second-order valence-electron chi connectivity index (χ2n) is 12.6. The molecule has 0 amide bonds. The molecule has 4 heterocycles. The summed E-state index contributed by atoms with van der Waals surface area (Å²) in [5, 5.41) is 6.81. The van der Waals surface area contributed by atoms with Crippen LogP contribution in [0.25, 0.3) is 33.4 Å². The number of rotatable bonds is 7. The number of aryl methyl sites for hydroxylation is 2. The summed E-state index contributed by atoms with van der Waals surface area (Å²) in [5.41, 5.74) is 3.74. The van der Waals surface area contributed by atoms with Crippen LogP contribution >= 0.6 is 11.6 Å². The van der Waals surface area contributed by atoms with Gasteiger partial charge >= 0.3 is 11.9 Å². The van der Waals surface area contributed by atoms with Gasteiger partial charge in [-0.1, -0.05) is 48.5 Å². The van der Waals surface area contributed by atoms with Crippen LogP contribution < -0.4 is 26.6 Å². The van der Waals surface area contributed by atoms with Crippen molar-refractivity contribution in [2.75, 3.05) is 25.6 Å². The van der Waals surface area contributed by atoms with Crippen molar-refractivity contribution in [2.24, 2.45) is 14.1 Å². The number of alkyl halides is 3. The summed E-state index contributed by atoms with van der Waals surface area (Å²) in [6.45, 7) is 3.12. The van der Waals surface area contributed by atoms with Gasteiger partial charge in [0.1, 0.15) is 11.2 Å². The minimum Gasteiger partial charge on any atom is -0.481 e. The monoisotopic (exact) mass is 818 g/mol. The first-order chi connectivity index (χ1) is 24.4. The molecule has 1 aliphatic carbocycles. The number of methoxy groups -OCH3 is 1. The van der Waals surface area contributed by atoms with E-state index in [9.17, 15) is 22.8 Å². The number of hydrogen-bond donors (Lipinski definition) is 2. The molecular weight excluding hydrogens is 783 g/mol. The van der Waals surface area contributed by atoms with Gasteiger partial charge in [-0.25, -0.2) is 19.7 Å². The first-order valence-electron chi connectivity index (χ1n) is 16.3. The number of aromatic nitrogens is 5. The molecule has 2 aromatic carbocycles. The normalized spacial score (nSPS) is 17.2. The molecule has 52 heavy (non-hydrogen) atoms. The molecule has 0 unspecified atom stereocenters. The number of anilines is 2.